The van der Waals surface area contributed by atoms with Crippen molar-refractivity contribution < 1.29 is 18.7 Å². The summed E-state index contributed by atoms with van der Waals surface area (Å²) < 4.78 is 10.4. The van der Waals surface area contributed by atoms with Crippen LogP contribution in [-0.4, -0.2) is 61.0 Å². The normalized spacial score (nSPS) is 23.1. The van der Waals surface area contributed by atoms with Gasteiger partial charge in [-0.25, -0.2) is 0 Å². The lowest BCUT2D eigenvalue weighted by atomic mass is 10.1. The first kappa shape index (κ1) is 13.2. The Morgan fingerprint density at radius 2 is 1.90 bits per heavy atom. The molecule has 6 heteroatoms. The van der Waals surface area contributed by atoms with Crippen LogP contribution < -0.4 is 0 Å². The van der Waals surface area contributed by atoms with E-state index in [1.165, 1.54) is 6.26 Å². The predicted octanol–water partition coefficient (Wildman–Crippen LogP) is 0.601. The Hall–Kier alpha value is -1.82. The van der Waals surface area contributed by atoms with Gasteiger partial charge in [-0.2, -0.15) is 0 Å². The van der Waals surface area contributed by atoms with E-state index in [1.807, 2.05) is 4.90 Å². The Labute approximate surface area is 117 Å². The van der Waals surface area contributed by atoms with Crippen LogP contribution in [0.25, 0.3) is 0 Å². The quantitative estimate of drug-likeness (QED) is 0.795. The van der Waals surface area contributed by atoms with Gasteiger partial charge in [-0.1, -0.05) is 0 Å². The van der Waals surface area contributed by atoms with Crippen molar-refractivity contribution in [2.45, 2.75) is 6.42 Å². The maximum atomic E-state index is 12.2. The van der Waals surface area contributed by atoms with Gasteiger partial charge in [0.05, 0.1) is 18.8 Å². The van der Waals surface area contributed by atoms with Gasteiger partial charge in [-0.15, -0.1) is 0 Å². The van der Waals surface area contributed by atoms with Crippen LogP contribution >= 0.6 is 0 Å². The summed E-state index contributed by atoms with van der Waals surface area (Å²) in [6.45, 7) is 3.49. The molecule has 1 atom stereocenters. The topological polar surface area (TPSA) is 63.0 Å². The molecule has 0 aliphatic carbocycles. The van der Waals surface area contributed by atoms with E-state index in [0.29, 0.717) is 45.2 Å². The molecule has 0 radical (unpaired) electrons. The molecule has 0 bridgehead atoms. The van der Waals surface area contributed by atoms with Crippen LogP contribution in [-0.2, 0) is 9.53 Å². The number of hydrogen-bond donors (Lipinski definition) is 0. The molecule has 2 aliphatic heterocycles. The van der Waals surface area contributed by atoms with Gasteiger partial charge < -0.3 is 19.0 Å². The fourth-order valence-corrected chi connectivity index (χ4v) is 2.67. The highest BCUT2D eigenvalue weighted by Crippen LogP contribution is 2.17. The zero-order valence-corrected chi connectivity index (χ0v) is 11.3. The van der Waals surface area contributed by atoms with E-state index >= 15 is 0 Å². The van der Waals surface area contributed by atoms with E-state index in [-0.39, 0.29) is 17.7 Å². The minimum atomic E-state index is -0.105. The molecule has 0 saturated carbocycles. The summed E-state index contributed by atoms with van der Waals surface area (Å²) >= 11 is 0. The number of furan rings is 1. The number of hydrogen-bond acceptors (Lipinski definition) is 4. The number of nitrogens with zero attached hydrogens (tertiary/aromatic N) is 2. The van der Waals surface area contributed by atoms with E-state index in [0.717, 1.165) is 6.42 Å². The molecule has 0 N–H and O–H groups in total. The minimum Gasteiger partial charge on any atom is -0.459 e. The SMILES string of the molecule is O=C(c1ccco1)N1CCN(C(=O)C2CCOC2)CC1. The highest BCUT2D eigenvalue weighted by Gasteiger charge is 2.31. The van der Waals surface area contributed by atoms with Crippen LogP contribution in [0.15, 0.2) is 22.8 Å². The lowest BCUT2D eigenvalue weighted by molar-refractivity contribution is -0.137. The molecule has 1 aromatic heterocycles. The van der Waals surface area contributed by atoms with Crippen molar-refractivity contribution in [3.8, 4) is 0 Å². The summed E-state index contributed by atoms with van der Waals surface area (Å²) in [4.78, 5) is 27.9. The highest BCUT2D eigenvalue weighted by atomic mass is 16.5. The molecule has 0 spiro atoms. The Morgan fingerprint density at radius 1 is 1.15 bits per heavy atom. The van der Waals surface area contributed by atoms with Crippen LogP contribution in [0.3, 0.4) is 0 Å². The number of ether oxygens (including phenoxy) is 1. The van der Waals surface area contributed by atoms with Gasteiger partial charge in [0.2, 0.25) is 5.91 Å². The summed E-state index contributed by atoms with van der Waals surface area (Å²) in [7, 11) is 0. The lowest BCUT2D eigenvalue weighted by Gasteiger charge is -2.35. The number of amides is 2. The van der Waals surface area contributed by atoms with Crippen molar-refractivity contribution in [1.82, 2.24) is 9.80 Å². The molecule has 2 saturated heterocycles. The molecule has 108 valence electrons. The number of rotatable bonds is 2. The van der Waals surface area contributed by atoms with Gasteiger partial charge in [0.25, 0.3) is 5.91 Å². The van der Waals surface area contributed by atoms with Gasteiger partial charge in [0.15, 0.2) is 5.76 Å². The van der Waals surface area contributed by atoms with E-state index in [1.54, 1.807) is 17.0 Å². The summed E-state index contributed by atoms with van der Waals surface area (Å²) in [5.41, 5.74) is 0. The fourth-order valence-electron chi connectivity index (χ4n) is 2.67. The third-order valence-corrected chi connectivity index (χ3v) is 3.89. The minimum absolute atomic E-state index is 0.00215. The van der Waals surface area contributed by atoms with E-state index in [4.69, 9.17) is 9.15 Å². The Balaban J connectivity index is 1.54. The van der Waals surface area contributed by atoms with Crippen molar-refractivity contribution in [1.29, 1.82) is 0 Å². The van der Waals surface area contributed by atoms with Crippen molar-refractivity contribution in [2.75, 3.05) is 39.4 Å². The van der Waals surface area contributed by atoms with Crippen molar-refractivity contribution in [3.05, 3.63) is 24.2 Å². The van der Waals surface area contributed by atoms with Crippen LogP contribution in [0.2, 0.25) is 0 Å². The zero-order valence-electron chi connectivity index (χ0n) is 11.3. The molecule has 0 aromatic carbocycles. The lowest BCUT2D eigenvalue weighted by Crippen LogP contribution is -2.52. The van der Waals surface area contributed by atoms with E-state index in [9.17, 15) is 9.59 Å². The monoisotopic (exact) mass is 278 g/mol. The second-order valence-electron chi connectivity index (χ2n) is 5.16. The van der Waals surface area contributed by atoms with Gasteiger partial charge in [-0.05, 0) is 18.6 Å². The van der Waals surface area contributed by atoms with Gasteiger partial charge >= 0.3 is 0 Å². The Morgan fingerprint density at radius 3 is 2.50 bits per heavy atom. The molecule has 6 nitrogen and oxygen atoms in total. The summed E-state index contributed by atoms with van der Waals surface area (Å²) in [5, 5.41) is 0. The first-order valence-corrected chi connectivity index (χ1v) is 6.95. The van der Waals surface area contributed by atoms with Crippen LogP contribution in [0.5, 0.6) is 0 Å². The Kier molecular flexibility index (Phi) is 3.73. The van der Waals surface area contributed by atoms with Crippen LogP contribution in [0, 0.1) is 5.92 Å². The summed E-state index contributed by atoms with van der Waals surface area (Å²) in [5.74, 6) is 0.412. The standard InChI is InChI=1S/C14H18N2O4/c17-13(11-3-9-19-10-11)15-4-6-16(7-5-15)14(18)12-2-1-8-20-12/h1-2,8,11H,3-7,9-10H2. The number of carbonyl (C=O) groups excluding carboxylic acids is 2. The molecule has 1 aromatic rings. The molecule has 3 rings (SSSR count). The number of piperazine rings is 1. The van der Waals surface area contributed by atoms with Crippen molar-refractivity contribution >= 4 is 11.8 Å². The molecule has 20 heavy (non-hydrogen) atoms. The maximum Gasteiger partial charge on any atom is 0.289 e. The van der Waals surface area contributed by atoms with Crippen molar-refractivity contribution in [3.63, 3.8) is 0 Å². The summed E-state index contributed by atoms with van der Waals surface area (Å²) in [6, 6.07) is 3.36. The largest absolute Gasteiger partial charge is 0.459 e. The van der Waals surface area contributed by atoms with Crippen molar-refractivity contribution in [2.24, 2.45) is 5.92 Å². The second-order valence-corrected chi connectivity index (χ2v) is 5.16. The molecular formula is C14H18N2O4. The van der Waals surface area contributed by atoms with Gasteiger partial charge in [0, 0.05) is 32.8 Å². The van der Waals surface area contributed by atoms with E-state index in [2.05, 4.69) is 0 Å². The van der Waals surface area contributed by atoms with Crippen LogP contribution in [0.1, 0.15) is 17.0 Å². The van der Waals surface area contributed by atoms with E-state index < -0.39 is 0 Å². The highest BCUT2D eigenvalue weighted by molar-refractivity contribution is 5.91. The Bertz CT molecular complexity index is 471. The molecular weight excluding hydrogens is 260 g/mol. The number of carbonyl (C=O) groups is 2. The first-order chi connectivity index (χ1) is 9.75. The molecule has 3 heterocycles. The van der Waals surface area contributed by atoms with Crippen LogP contribution in [0.4, 0.5) is 0 Å². The average Bonchev–Trinajstić information content (AvgIpc) is 3.18. The smallest absolute Gasteiger partial charge is 0.289 e. The fraction of sp³-hybridized carbons (Fsp3) is 0.571. The summed E-state index contributed by atoms with van der Waals surface area (Å²) in [6.07, 6.45) is 2.30. The molecule has 2 amide bonds. The molecule has 1 unspecified atom stereocenters. The van der Waals surface area contributed by atoms with Gasteiger partial charge in [-0.3, -0.25) is 9.59 Å². The first-order valence-electron chi connectivity index (χ1n) is 6.95. The third-order valence-electron chi connectivity index (χ3n) is 3.89. The second kappa shape index (κ2) is 5.66. The molecule has 2 fully saturated rings. The average molecular weight is 278 g/mol. The maximum absolute atomic E-state index is 12.2. The predicted molar refractivity (Wildman–Crippen MR) is 70.1 cm³/mol. The third kappa shape index (κ3) is 2.56. The molecule has 2 aliphatic rings. The van der Waals surface area contributed by atoms with Gasteiger partial charge in [0.1, 0.15) is 0 Å². The zero-order chi connectivity index (χ0) is 13.9.